The molecule has 8 N–H and O–H groups in total. The minimum absolute atomic E-state index is 0.0191. The lowest BCUT2D eigenvalue weighted by molar-refractivity contribution is -0.138. The third-order valence-corrected chi connectivity index (χ3v) is 10.5. The van der Waals surface area contributed by atoms with Gasteiger partial charge in [0.1, 0.15) is 21.2 Å². The molecule has 0 saturated carbocycles. The Bertz CT molecular complexity index is 2640. The molecule has 0 unspecified atom stereocenters. The third-order valence-electron chi connectivity index (χ3n) is 8.63. The number of nitrogens with zero attached hydrogens (tertiary/aromatic N) is 2. The molecule has 0 radical (unpaired) electrons. The van der Waals surface area contributed by atoms with Gasteiger partial charge in [0, 0.05) is 21.9 Å². The van der Waals surface area contributed by atoms with Crippen LogP contribution in [0.2, 0.25) is 0 Å². The molecule has 12 nitrogen and oxygen atoms in total. The number of benzene rings is 6. The number of hydrogen-bond acceptors (Lipinski definition) is 10. The van der Waals surface area contributed by atoms with Crippen LogP contribution in [0.25, 0.3) is 54.9 Å². The second kappa shape index (κ2) is 12.9. The summed E-state index contributed by atoms with van der Waals surface area (Å²) in [6.07, 6.45) is -10.6. The Morgan fingerprint density at radius 1 is 0.537 bits per heavy atom. The number of hydrogen-bond donors (Lipinski definition) is 6. The number of anilines is 2. The highest BCUT2D eigenvalue weighted by atomic mass is 32.2. The van der Waals surface area contributed by atoms with E-state index < -0.39 is 110 Å². The van der Waals surface area contributed by atoms with Crippen LogP contribution in [0.15, 0.2) is 105 Å². The first-order valence-electron chi connectivity index (χ1n) is 14.9. The SMILES string of the molecule is N=Nc1c(S(=O)(=O)O)c(-c2ccc(-c3ccc(-c4c(S(=O)(=O)O)c(N=N)c(N)c5ccccc45)c(C(F)(F)F)c3)cc2C(F)(F)F)c2ccccc2c1N. The molecule has 0 aliphatic carbocycles. The first-order valence-corrected chi connectivity index (χ1v) is 17.8. The van der Waals surface area contributed by atoms with Gasteiger partial charge in [-0.25, -0.2) is 11.1 Å². The van der Waals surface area contributed by atoms with Crippen LogP contribution in [0.1, 0.15) is 11.1 Å². The van der Waals surface area contributed by atoms with Gasteiger partial charge < -0.3 is 11.5 Å². The van der Waals surface area contributed by atoms with Gasteiger partial charge in [0.15, 0.2) is 0 Å². The zero-order valence-corrected chi connectivity index (χ0v) is 28.4. The maximum absolute atomic E-state index is 14.9. The molecule has 278 valence electrons. The Balaban J connectivity index is 1.69. The van der Waals surface area contributed by atoms with Crippen LogP contribution in [0.3, 0.4) is 0 Å². The molecule has 0 heterocycles. The van der Waals surface area contributed by atoms with E-state index in [2.05, 4.69) is 10.2 Å². The van der Waals surface area contributed by atoms with E-state index in [1.165, 1.54) is 48.5 Å². The largest absolute Gasteiger partial charge is 0.417 e. The van der Waals surface area contributed by atoms with Gasteiger partial charge in [0.25, 0.3) is 20.2 Å². The van der Waals surface area contributed by atoms with Gasteiger partial charge in [-0.15, -0.1) is 0 Å². The fraction of sp³-hybridized carbons (Fsp3) is 0.0588. The van der Waals surface area contributed by atoms with Crippen molar-refractivity contribution in [3.63, 3.8) is 0 Å². The average molecular weight is 789 g/mol. The van der Waals surface area contributed by atoms with Crippen molar-refractivity contribution < 1.29 is 52.3 Å². The van der Waals surface area contributed by atoms with Gasteiger partial charge in [-0.2, -0.15) is 53.4 Å². The van der Waals surface area contributed by atoms with Crippen molar-refractivity contribution in [2.24, 2.45) is 10.2 Å². The van der Waals surface area contributed by atoms with E-state index in [9.17, 15) is 52.3 Å². The highest BCUT2D eigenvalue weighted by Gasteiger charge is 2.39. The van der Waals surface area contributed by atoms with Gasteiger partial charge in [-0.05, 0) is 45.2 Å². The van der Waals surface area contributed by atoms with E-state index in [0.717, 1.165) is 24.3 Å². The van der Waals surface area contributed by atoms with Crippen LogP contribution in [0.5, 0.6) is 0 Å². The lowest BCUT2D eigenvalue weighted by Gasteiger charge is -2.22. The number of alkyl halides is 6. The zero-order valence-electron chi connectivity index (χ0n) is 26.7. The lowest BCUT2D eigenvalue weighted by Crippen LogP contribution is -2.11. The monoisotopic (exact) mass is 788 g/mol. The average Bonchev–Trinajstić information content (AvgIpc) is 3.09. The van der Waals surface area contributed by atoms with E-state index in [-0.39, 0.29) is 21.5 Å². The smallest absolute Gasteiger partial charge is 0.396 e. The molecular formula is C34H22F6N6O6S2. The molecule has 0 bridgehead atoms. The maximum atomic E-state index is 14.9. The van der Waals surface area contributed by atoms with Crippen LogP contribution in [-0.2, 0) is 32.6 Å². The third kappa shape index (κ3) is 6.27. The Morgan fingerprint density at radius 3 is 1.13 bits per heavy atom. The maximum Gasteiger partial charge on any atom is 0.417 e. The van der Waals surface area contributed by atoms with Crippen LogP contribution < -0.4 is 11.5 Å². The van der Waals surface area contributed by atoms with Crippen molar-refractivity contribution in [2.75, 3.05) is 11.5 Å². The summed E-state index contributed by atoms with van der Waals surface area (Å²) >= 11 is 0. The highest BCUT2D eigenvalue weighted by Crippen LogP contribution is 2.52. The molecule has 6 aromatic carbocycles. The molecule has 0 aromatic heterocycles. The summed E-state index contributed by atoms with van der Waals surface area (Å²) in [5.41, 5.74) is 17.3. The molecule has 0 aliphatic rings. The Morgan fingerprint density at radius 2 is 0.852 bits per heavy atom. The Labute approximate surface area is 300 Å². The van der Waals surface area contributed by atoms with E-state index in [1.807, 2.05) is 0 Å². The molecule has 0 fully saturated rings. The van der Waals surface area contributed by atoms with Crippen LogP contribution in [0.4, 0.5) is 49.1 Å². The van der Waals surface area contributed by atoms with Crippen molar-refractivity contribution in [3.05, 3.63) is 96.1 Å². The number of fused-ring (bicyclic) bond motifs is 2. The molecular weight excluding hydrogens is 767 g/mol. The summed E-state index contributed by atoms with van der Waals surface area (Å²) in [4.78, 5) is -2.42. The Kier molecular flexibility index (Phi) is 9.00. The fourth-order valence-electron chi connectivity index (χ4n) is 6.46. The van der Waals surface area contributed by atoms with E-state index in [4.69, 9.17) is 22.5 Å². The van der Waals surface area contributed by atoms with Crippen molar-refractivity contribution >= 4 is 64.5 Å². The van der Waals surface area contributed by atoms with Crippen molar-refractivity contribution in [3.8, 4) is 33.4 Å². The normalized spacial score (nSPS) is 12.7. The van der Waals surface area contributed by atoms with Crippen molar-refractivity contribution in [1.29, 1.82) is 11.1 Å². The van der Waals surface area contributed by atoms with E-state index >= 15 is 0 Å². The molecule has 0 amide bonds. The van der Waals surface area contributed by atoms with Gasteiger partial charge in [0.2, 0.25) is 0 Å². The molecule has 0 saturated heterocycles. The minimum atomic E-state index is -5.43. The predicted molar refractivity (Wildman–Crippen MR) is 186 cm³/mol. The number of nitrogens with two attached hydrogens (primary N) is 2. The van der Waals surface area contributed by atoms with E-state index in [0.29, 0.717) is 12.1 Å². The van der Waals surface area contributed by atoms with Gasteiger partial charge in [-0.3, -0.25) is 9.11 Å². The van der Waals surface area contributed by atoms with Crippen LogP contribution >= 0.6 is 0 Å². The summed E-state index contributed by atoms with van der Waals surface area (Å²) in [6.45, 7) is 0. The number of nitrogen functional groups attached to an aromatic ring is 2. The summed E-state index contributed by atoms with van der Waals surface area (Å²) in [5.74, 6) is 0. The molecule has 0 atom stereocenters. The van der Waals surface area contributed by atoms with Crippen LogP contribution in [0, 0.1) is 11.1 Å². The standard InChI is InChI=1S/C34H22F6N6O6S2/c35-33(36,37)23-13-15(9-11-21(23)25-17-5-1-3-7-19(17)27(41)29(45-43)31(25)53(47,48)49)16-10-12-22(24(14-16)34(38,39)40)26-18-6-2-4-8-20(18)28(42)30(46-44)32(26)54(50,51)52/h1-14,43-44H,41-42H2,(H,47,48,49)(H,50,51,52). The summed E-state index contributed by atoms with van der Waals surface area (Å²) in [7, 11) is -10.9. The summed E-state index contributed by atoms with van der Waals surface area (Å²) in [6, 6.07) is 14.9. The van der Waals surface area contributed by atoms with Crippen molar-refractivity contribution in [1.82, 2.24) is 0 Å². The topological polar surface area (TPSA) is 233 Å². The van der Waals surface area contributed by atoms with Gasteiger partial charge >= 0.3 is 12.4 Å². The molecule has 0 spiro atoms. The molecule has 6 rings (SSSR count). The highest BCUT2D eigenvalue weighted by molar-refractivity contribution is 7.86. The lowest BCUT2D eigenvalue weighted by atomic mass is 9.88. The second-order valence-corrected chi connectivity index (χ2v) is 14.4. The number of nitrogens with one attached hydrogen (secondary N) is 2. The minimum Gasteiger partial charge on any atom is -0.396 e. The fourth-order valence-corrected chi connectivity index (χ4v) is 8.22. The first-order chi connectivity index (χ1) is 25.1. The van der Waals surface area contributed by atoms with Crippen molar-refractivity contribution in [2.45, 2.75) is 22.1 Å². The molecule has 0 aliphatic heterocycles. The Hall–Kier alpha value is -5.96. The predicted octanol–water partition coefficient (Wildman–Crippen LogP) is 10.0. The van der Waals surface area contributed by atoms with Gasteiger partial charge in [0.05, 0.1) is 22.5 Å². The molecule has 6 aromatic rings. The summed E-state index contributed by atoms with van der Waals surface area (Å²) in [5, 5.41) is 5.72. The van der Waals surface area contributed by atoms with Gasteiger partial charge in [-0.1, -0.05) is 72.8 Å². The number of halogens is 6. The first kappa shape index (κ1) is 37.8. The zero-order chi connectivity index (χ0) is 39.7. The summed E-state index contributed by atoms with van der Waals surface area (Å²) < 4.78 is 160. The van der Waals surface area contributed by atoms with Crippen LogP contribution in [-0.4, -0.2) is 25.9 Å². The van der Waals surface area contributed by atoms with E-state index in [1.54, 1.807) is 0 Å². The molecule has 54 heavy (non-hydrogen) atoms. The second-order valence-electron chi connectivity index (χ2n) is 11.7. The quantitative estimate of drug-likeness (QED) is 0.0393. The molecule has 20 heteroatoms. The number of rotatable bonds is 7.